The van der Waals surface area contributed by atoms with E-state index in [0.29, 0.717) is 29.2 Å². The molecule has 0 aliphatic carbocycles. The highest BCUT2D eigenvalue weighted by atomic mass is 16.5. The van der Waals surface area contributed by atoms with E-state index in [0.717, 1.165) is 0 Å². The quantitative estimate of drug-likeness (QED) is 0.594. The van der Waals surface area contributed by atoms with Crippen molar-refractivity contribution in [3.63, 3.8) is 0 Å². The summed E-state index contributed by atoms with van der Waals surface area (Å²) in [5.74, 6) is -0.0562. The van der Waals surface area contributed by atoms with Crippen molar-refractivity contribution in [3.8, 4) is 11.4 Å². The Labute approximate surface area is 97.0 Å². The van der Waals surface area contributed by atoms with Crippen LogP contribution in [0.5, 0.6) is 0 Å². The van der Waals surface area contributed by atoms with Crippen molar-refractivity contribution < 1.29 is 9.53 Å². The summed E-state index contributed by atoms with van der Waals surface area (Å²) >= 11 is 0. The van der Waals surface area contributed by atoms with Crippen LogP contribution in [0.15, 0.2) is 18.2 Å². The number of carbonyl (C=O) groups is 1. The van der Waals surface area contributed by atoms with E-state index < -0.39 is 5.97 Å². The third kappa shape index (κ3) is 2.22. The molecule has 7 heteroatoms. The molecule has 2 rings (SSSR count). The Kier molecular flexibility index (Phi) is 2.99. The van der Waals surface area contributed by atoms with E-state index in [4.69, 9.17) is 10.5 Å². The highest BCUT2D eigenvalue weighted by Gasteiger charge is 2.16. The number of H-pyrrole nitrogens is 1. The lowest BCUT2D eigenvalue weighted by atomic mass is 10.1. The second-order valence-corrected chi connectivity index (χ2v) is 3.28. The SMILES string of the molecule is CCOC(=O)c1ccc(N)cc1-c1nnn[nH]1. The third-order valence-corrected chi connectivity index (χ3v) is 2.14. The van der Waals surface area contributed by atoms with Gasteiger partial charge in [-0.1, -0.05) is 0 Å². The van der Waals surface area contributed by atoms with E-state index in [1.54, 1.807) is 25.1 Å². The maximum absolute atomic E-state index is 11.7. The Bertz CT molecular complexity index is 523. The molecule has 0 spiro atoms. The van der Waals surface area contributed by atoms with Crippen molar-refractivity contribution in [2.45, 2.75) is 6.92 Å². The second kappa shape index (κ2) is 4.60. The number of nitrogens with zero attached hydrogens (tertiary/aromatic N) is 3. The van der Waals surface area contributed by atoms with Crippen molar-refractivity contribution in [1.29, 1.82) is 0 Å². The number of hydrogen-bond donors (Lipinski definition) is 2. The van der Waals surface area contributed by atoms with Gasteiger partial charge in [0.1, 0.15) is 0 Å². The van der Waals surface area contributed by atoms with Gasteiger partial charge in [-0.15, -0.1) is 5.10 Å². The number of rotatable bonds is 3. The van der Waals surface area contributed by atoms with E-state index in [1.807, 2.05) is 0 Å². The summed E-state index contributed by atoms with van der Waals surface area (Å²) < 4.78 is 4.94. The smallest absolute Gasteiger partial charge is 0.338 e. The first kappa shape index (κ1) is 11.1. The van der Waals surface area contributed by atoms with Gasteiger partial charge in [-0.25, -0.2) is 9.89 Å². The van der Waals surface area contributed by atoms with Crippen LogP contribution < -0.4 is 5.73 Å². The summed E-state index contributed by atoms with van der Waals surface area (Å²) in [4.78, 5) is 11.7. The van der Waals surface area contributed by atoms with Crippen LogP contribution >= 0.6 is 0 Å². The van der Waals surface area contributed by atoms with Crippen molar-refractivity contribution in [2.75, 3.05) is 12.3 Å². The molecule has 0 bridgehead atoms. The predicted molar refractivity (Wildman–Crippen MR) is 60.0 cm³/mol. The summed E-state index contributed by atoms with van der Waals surface area (Å²) in [6.45, 7) is 2.04. The number of benzene rings is 1. The Morgan fingerprint density at radius 1 is 1.53 bits per heavy atom. The van der Waals surface area contributed by atoms with Gasteiger partial charge in [0.15, 0.2) is 5.82 Å². The van der Waals surface area contributed by atoms with Gasteiger partial charge in [0.05, 0.1) is 12.2 Å². The van der Waals surface area contributed by atoms with Gasteiger partial charge in [0, 0.05) is 11.3 Å². The lowest BCUT2D eigenvalue weighted by Gasteiger charge is -2.06. The third-order valence-electron chi connectivity index (χ3n) is 2.14. The minimum atomic E-state index is -0.432. The molecule has 0 unspecified atom stereocenters. The van der Waals surface area contributed by atoms with Crippen LogP contribution in [-0.4, -0.2) is 33.2 Å². The lowest BCUT2D eigenvalue weighted by molar-refractivity contribution is 0.0527. The van der Waals surface area contributed by atoms with Crippen LogP contribution in [-0.2, 0) is 4.74 Å². The first-order valence-corrected chi connectivity index (χ1v) is 5.03. The number of carbonyl (C=O) groups excluding carboxylic acids is 1. The van der Waals surface area contributed by atoms with Crippen LogP contribution in [0, 0.1) is 0 Å². The first-order chi connectivity index (χ1) is 8.22. The Morgan fingerprint density at radius 2 is 2.35 bits per heavy atom. The largest absolute Gasteiger partial charge is 0.462 e. The maximum Gasteiger partial charge on any atom is 0.338 e. The Balaban J connectivity index is 2.49. The number of hydrogen-bond acceptors (Lipinski definition) is 6. The van der Waals surface area contributed by atoms with Crippen molar-refractivity contribution in [1.82, 2.24) is 20.6 Å². The monoisotopic (exact) mass is 233 g/mol. The number of esters is 1. The summed E-state index contributed by atoms with van der Waals surface area (Å²) in [6.07, 6.45) is 0. The van der Waals surface area contributed by atoms with Gasteiger partial charge in [0.2, 0.25) is 0 Å². The lowest BCUT2D eigenvalue weighted by Crippen LogP contribution is -2.07. The molecule has 0 aliphatic rings. The van der Waals surface area contributed by atoms with Crippen LogP contribution in [0.3, 0.4) is 0 Å². The molecule has 0 aliphatic heterocycles. The molecule has 1 heterocycles. The van der Waals surface area contributed by atoms with Gasteiger partial charge in [-0.3, -0.25) is 0 Å². The molecule has 0 saturated carbocycles. The van der Waals surface area contributed by atoms with Crippen LogP contribution in [0.1, 0.15) is 17.3 Å². The van der Waals surface area contributed by atoms with E-state index in [1.165, 1.54) is 0 Å². The minimum absolute atomic E-state index is 0.303. The Hall–Kier alpha value is -2.44. The topological polar surface area (TPSA) is 107 Å². The second-order valence-electron chi connectivity index (χ2n) is 3.28. The molecule has 0 amide bonds. The molecule has 88 valence electrons. The maximum atomic E-state index is 11.7. The average molecular weight is 233 g/mol. The molecule has 7 nitrogen and oxygen atoms in total. The zero-order chi connectivity index (χ0) is 12.3. The van der Waals surface area contributed by atoms with Crippen molar-refractivity contribution >= 4 is 11.7 Å². The molecule has 1 aromatic heterocycles. The number of tetrazole rings is 1. The standard InChI is InChI=1S/C10H11N5O2/c1-2-17-10(16)7-4-3-6(11)5-8(7)9-12-14-15-13-9/h3-5H,2,11H2,1H3,(H,12,13,14,15). The summed E-state index contributed by atoms with van der Waals surface area (Å²) in [5.41, 5.74) is 7.09. The number of ether oxygens (including phenoxy) is 1. The van der Waals surface area contributed by atoms with Gasteiger partial charge in [-0.2, -0.15) is 0 Å². The average Bonchev–Trinajstić information content (AvgIpc) is 2.82. The molecule has 0 atom stereocenters. The predicted octanol–water partition coefficient (Wildman–Crippen LogP) is 0.626. The number of nitrogens with two attached hydrogens (primary N) is 1. The molecule has 2 aromatic rings. The van der Waals surface area contributed by atoms with E-state index in [-0.39, 0.29) is 0 Å². The zero-order valence-corrected chi connectivity index (χ0v) is 9.17. The van der Waals surface area contributed by atoms with Crippen LogP contribution in [0.25, 0.3) is 11.4 Å². The molecule has 3 N–H and O–H groups in total. The van der Waals surface area contributed by atoms with Gasteiger partial charge < -0.3 is 10.5 Å². The number of aromatic amines is 1. The molecule has 17 heavy (non-hydrogen) atoms. The number of aromatic nitrogens is 4. The highest BCUT2D eigenvalue weighted by Crippen LogP contribution is 2.23. The van der Waals surface area contributed by atoms with Gasteiger partial charge in [-0.05, 0) is 35.5 Å². The van der Waals surface area contributed by atoms with E-state index in [9.17, 15) is 4.79 Å². The molecule has 0 radical (unpaired) electrons. The van der Waals surface area contributed by atoms with Gasteiger partial charge >= 0.3 is 5.97 Å². The van der Waals surface area contributed by atoms with Crippen molar-refractivity contribution in [3.05, 3.63) is 23.8 Å². The summed E-state index contributed by atoms with van der Waals surface area (Å²) in [6, 6.07) is 4.83. The zero-order valence-electron chi connectivity index (χ0n) is 9.17. The Morgan fingerprint density at radius 3 is 3.00 bits per heavy atom. The number of nitrogens with one attached hydrogen (secondary N) is 1. The molecule has 0 saturated heterocycles. The normalized spacial score (nSPS) is 10.2. The fourth-order valence-electron chi connectivity index (χ4n) is 1.42. The molecular weight excluding hydrogens is 222 g/mol. The first-order valence-electron chi connectivity index (χ1n) is 5.03. The fourth-order valence-corrected chi connectivity index (χ4v) is 1.42. The number of anilines is 1. The fraction of sp³-hybridized carbons (Fsp3) is 0.200. The highest BCUT2D eigenvalue weighted by molar-refractivity contribution is 5.97. The van der Waals surface area contributed by atoms with Crippen LogP contribution in [0.2, 0.25) is 0 Å². The van der Waals surface area contributed by atoms with E-state index >= 15 is 0 Å². The molecular formula is C10H11N5O2. The van der Waals surface area contributed by atoms with Crippen LogP contribution in [0.4, 0.5) is 5.69 Å². The summed E-state index contributed by atoms with van der Waals surface area (Å²) in [7, 11) is 0. The summed E-state index contributed by atoms with van der Waals surface area (Å²) in [5, 5.41) is 13.3. The number of nitrogen functional groups attached to an aromatic ring is 1. The molecule has 1 aromatic carbocycles. The minimum Gasteiger partial charge on any atom is -0.462 e. The van der Waals surface area contributed by atoms with Crippen molar-refractivity contribution in [2.24, 2.45) is 0 Å². The van der Waals surface area contributed by atoms with E-state index in [2.05, 4.69) is 20.6 Å². The molecule has 0 fully saturated rings. The van der Waals surface area contributed by atoms with Gasteiger partial charge in [0.25, 0.3) is 0 Å².